The number of aromatic nitrogens is 4. The molecule has 1 aliphatic heterocycles. The highest BCUT2D eigenvalue weighted by Gasteiger charge is 2.22. The second kappa shape index (κ2) is 7.81. The Morgan fingerprint density at radius 3 is 2.72 bits per heavy atom. The molecule has 1 saturated heterocycles. The van der Waals surface area contributed by atoms with E-state index in [1.807, 2.05) is 28.9 Å². The molecule has 0 bridgehead atoms. The maximum Gasteiger partial charge on any atom is 0.154 e. The molecule has 5 rings (SSSR count). The Hall–Kier alpha value is -2.96. The minimum Gasteiger partial charge on any atom is -0.365 e. The summed E-state index contributed by atoms with van der Waals surface area (Å²) in [6, 6.07) is 18.7. The molecule has 0 amide bonds. The largest absolute Gasteiger partial charge is 0.365 e. The van der Waals surface area contributed by atoms with E-state index in [4.69, 9.17) is 16.7 Å². The van der Waals surface area contributed by atoms with Gasteiger partial charge in [0.2, 0.25) is 0 Å². The van der Waals surface area contributed by atoms with Crippen LogP contribution >= 0.6 is 11.6 Å². The Labute approximate surface area is 174 Å². The first-order chi connectivity index (χ1) is 14.2. The summed E-state index contributed by atoms with van der Waals surface area (Å²) in [5, 5.41) is 8.83. The van der Waals surface area contributed by atoms with E-state index in [9.17, 15) is 0 Å². The maximum atomic E-state index is 5.91. The second-order valence-electron chi connectivity index (χ2n) is 7.35. The fourth-order valence-electron chi connectivity index (χ4n) is 3.82. The molecule has 0 spiro atoms. The first-order valence-electron chi connectivity index (χ1n) is 9.74. The van der Waals surface area contributed by atoms with Gasteiger partial charge in [-0.15, -0.1) is 5.10 Å². The number of nitrogens with zero attached hydrogens (tertiary/aromatic N) is 5. The van der Waals surface area contributed by atoms with E-state index in [-0.39, 0.29) is 0 Å². The lowest BCUT2D eigenvalue weighted by Gasteiger charge is -2.17. The van der Waals surface area contributed by atoms with Crippen LogP contribution in [0.4, 0.5) is 5.82 Å². The number of likely N-dealkylation sites (tertiary alicyclic amines) is 1. The number of benzene rings is 1. The van der Waals surface area contributed by atoms with Gasteiger partial charge in [-0.1, -0.05) is 41.9 Å². The molecule has 1 fully saturated rings. The van der Waals surface area contributed by atoms with Crippen LogP contribution in [-0.2, 0) is 6.54 Å². The lowest BCUT2D eigenvalue weighted by Crippen LogP contribution is -2.26. The standard InChI is InChI=1S/C22H21ClN6/c23-20-7-6-17(12-24-20)19-13-25-22-9-8-21(27-29(19)22)26-18-10-11-28(15-18)14-16-4-2-1-3-5-16/h1-9,12-13,18H,10-11,14-15H2,(H,26,27)/t18-/m1/s1. The van der Waals surface area contributed by atoms with Crippen LogP contribution in [0.25, 0.3) is 16.9 Å². The van der Waals surface area contributed by atoms with Crippen LogP contribution in [0.15, 0.2) is 67.0 Å². The third-order valence-electron chi connectivity index (χ3n) is 5.26. The molecule has 1 aliphatic rings. The topological polar surface area (TPSA) is 58.4 Å². The van der Waals surface area contributed by atoms with Crippen molar-refractivity contribution in [3.05, 3.63) is 77.7 Å². The van der Waals surface area contributed by atoms with Crippen LogP contribution in [0.1, 0.15) is 12.0 Å². The molecular weight excluding hydrogens is 384 g/mol. The molecule has 0 aliphatic carbocycles. The van der Waals surface area contributed by atoms with E-state index in [2.05, 4.69) is 50.5 Å². The molecule has 3 aromatic heterocycles. The predicted octanol–water partition coefficient (Wildman–Crippen LogP) is 4.13. The number of rotatable bonds is 5. The Bertz CT molecular complexity index is 1110. The van der Waals surface area contributed by atoms with Crippen LogP contribution in [0.5, 0.6) is 0 Å². The third kappa shape index (κ3) is 3.95. The van der Waals surface area contributed by atoms with E-state index >= 15 is 0 Å². The van der Waals surface area contributed by atoms with Gasteiger partial charge in [0.25, 0.3) is 0 Å². The minimum absolute atomic E-state index is 0.382. The van der Waals surface area contributed by atoms with Gasteiger partial charge in [-0.3, -0.25) is 4.90 Å². The van der Waals surface area contributed by atoms with Crippen LogP contribution in [0.3, 0.4) is 0 Å². The first kappa shape index (κ1) is 18.1. The van der Waals surface area contributed by atoms with Crippen LogP contribution in [0.2, 0.25) is 5.15 Å². The Kier molecular flexibility index (Phi) is 4.87. The quantitative estimate of drug-likeness (QED) is 0.507. The second-order valence-corrected chi connectivity index (χ2v) is 7.74. The smallest absolute Gasteiger partial charge is 0.154 e. The Balaban J connectivity index is 1.31. The van der Waals surface area contributed by atoms with Crippen molar-refractivity contribution in [1.82, 2.24) is 24.5 Å². The number of pyridine rings is 1. The molecule has 29 heavy (non-hydrogen) atoms. The van der Waals surface area contributed by atoms with E-state index in [0.717, 1.165) is 48.8 Å². The zero-order valence-electron chi connectivity index (χ0n) is 15.9. The molecule has 1 N–H and O–H groups in total. The zero-order valence-corrected chi connectivity index (χ0v) is 16.6. The van der Waals surface area contributed by atoms with Gasteiger partial charge in [0.1, 0.15) is 11.0 Å². The lowest BCUT2D eigenvalue weighted by atomic mass is 10.2. The van der Waals surface area contributed by atoms with Crippen LogP contribution < -0.4 is 5.32 Å². The highest BCUT2D eigenvalue weighted by atomic mass is 35.5. The van der Waals surface area contributed by atoms with Crippen molar-refractivity contribution in [2.75, 3.05) is 18.4 Å². The number of imidazole rings is 1. The number of hydrogen-bond donors (Lipinski definition) is 1. The van der Waals surface area contributed by atoms with E-state index in [1.165, 1.54) is 5.56 Å². The molecule has 0 radical (unpaired) electrons. The van der Waals surface area contributed by atoms with Gasteiger partial charge in [0.15, 0.2) is 5.65 Å². The summed E-state index contributed by atoms with van der Waals surface area (Å²) in [5.74, 6) is 0.852. The highest BCUT2D eigenvalue weighted by Crippen LogP contribution is 2.22. The minimum atomic E-state index is 0.382. The van der Waals surface area contributed by atoms with Crippen molar-refractivity contribution in [1.29, 1.82) is 0 Å². The summed E-state index contributed by atoms with van der Waals surface area (Å²) in [7, 11) is 0. The molecule has 6 nitrogen and oxygen atoms in total. The average molecular weight is 405 g/mol. The van der Waals surface area contributed by atoms with Crippen molar-refractivity contribution in [3.63, 3.8) is 0 Å². The van der Waals surface area contributed by atoms with Crippen molar-refractivity contribution >= 4 is 23.1 Å². The Morgan fingerprint density at radius 2 is 1.90 bits per heavy atom. The van der Waals surface area contributed by atoms with Gasteiger partial charge >= 0.3 is 0 Å². The SMILES string of the molecule is Clc1ccc(-c2cnc3ccc(N[C@@H]4CCN(Cc5ccccc5)C4)nn23)cn1. The van der Waals surface area contributed by atoms with Crippen molar-refractivity contribution in [2.24, 2.45) is 0 Å². The molecule has 146 valence electrons. The molecule has 0 saturated carbocycles. The van der Waals surface area contributed by atoms with Crippen LogP contribution in [-0.4, -0.2) is 43.6 Å². The molecular formula is C22H21ClN6. The summed E-state index contributed by atoms with van der Waals surface area (Å²) >= 11 is 5.91. The van der Waals surface area contributed by atoms with E-state index < -0.39 is 0 Å². The number of nitrogens with one attached hydrogen (secondary N) is 1. The maximum absolute atomic E-state index is 5.91. The van der Waals surface area contributed by atoms with E-state index in [0.29, 0.717) is 11.2 Å². The molecule has 7 heteroatoms. The predicted molar refractivity (Wildman–Crippen MR) is 115 cm³/mol. The number of fused-ring (bicyclic) bond motifs is 1. The molecule has 1 aromatic carbocycles. The van der Waals surface area contributed by atoms with Gasteiger partial charge < -0.3 is 5.32 Å². The van der Waals surface area contributed by atoms with Crippen molar-refractivity contribution < 1.29 is 0 Å². The normalized spacial score (nSPS) is 17.1. The lowest BCUT2D eigenvalue weighted by molar-refractivity contribution is 0.328. The molecule has 1 atom stereocenters. The average Bonchev–Trinajstić information content (AvgIpc) is 3.36. The first-order valence-corrected chi connectivity index (χ1v) is 10.1. The molecule has 4 heterocycles. The number of anilines is 1. The summed E-state index contributed by atoms with van der Waals surface area (Å²) in [6.45, 7) is 3.08. The van der Waals surface area contributed by atoms with Gasteiger partial charge in [0, 0.05) is 37.4 Å². The van der Waals surface area contributed by atoms with Gasteiger partial charge in [-0.05, 0) is 36.2 Å². The summed E-state index contributed by atoms with van der Waals surface area (Å²) in [5.41, 5.74) is 3.98. The van der Waals surface area contributed by atoms with Gasteiger partial charge in [-0.2, -0.15) is 0 Å². The van der Waals surface area contributed by atoms with Gasteiger partial charge in [0.05, 0.1) is 11.9 Å². The van der Waals surface area contributed by atoms with Crippen molar-refractivity contribution in [2.45, 2.75) is 19.0 Å². The zero-order chi connectivity index (χ0) is 19.6. The number of halogens is 1. The Morgan fingerprint density at radius 1 is 1.00 bits per heavy atom. The summed E-state index contributed by atoms with van der Waals surface area (Å²) in [6.07, 6.45) is 4.66. The van der Waals surface area contributed by atoms with E-state index in [1.54, 1.807) is 12.3 Å². The van der Waals surface area contributed by atoms with Crippen molar-refractivity contribution in [3.8, 4) is 11.3 Å². The summed E-state index contributed by atoms with van der Waals surface area (Å²) in [4.78, 5) is 11.1. The van der Waals surface area contributed by atoms with Crippen LogP contribution in [0, 0.1) is 0 Å². The fraction of sp³-hybridized carbons (Fsp3) is 0.227. The summed E-state index contributed by atoms with van der Waals surface area (Å²) < 4.78 is 1.85. The third-order valence-corrected chi connectivity index (χ3v) is 5.48. The molecule has 4 aromatic rings. The highest BCUT2D eigenvalue weighted by molar-refractivity contribution is 6.29. The van der Waals surface area contributed by atoms with Gasteiger partial charge in [-0.25, -0.2) is 14.5 Å². The molecule has 0 unspecified atom stereocenters. The fourth-order valence-corrected chi connectivity index (χ4v) is 3.93. The monoisotopic (exact) mass is 404 g/mol. The number of hydrogen-bond acceptors (Lipinski definition) is 5.